The van der Waals surface area contributed by atoms with Crippen LogP contribution in [-0.4, -0.2) is 27.0 Å². The van der Waals surface area contributed by atoms with Crippen molar-refractivity contribution in [1.82, 2.24) is 9.78 Å². The van der Waals surface area contributed by atoms with Crippen LogP contribution in [0.25, 0.3) is 0 Å². The molecule has 1 rings (SSSR count). The second kappa shape index (κ2) is 4.33. The quantitative estimate of drug-likeness (QED) is 0.846. The number of carboxylic acid groups (broad SMARTS) is 1. The van der Waals surface area contributed by atoms with E-state index in [4.69, 9.17) is 5.11 Å². The fraction of sp³-hybridized carbons (Fsp3) is 0.375. The number of carbonyl (C=O) groups is 1. The molecule has 0 bridgehead atoms. The van der Waals surface area contributed by atoms with E-state index in [0.717, 1.165) is 12.1 Å². The molecule has 0 fully saturated rings. The van der Waals surface area contributed by atoms with Gasteiger partial charge in [0.25, 0.3) is 5.56 Å². The number of carboxylic acids is 1. The summed E-state index contributed by atoms with van der Waals surface area (Å²) in [6, 6.07) is 1.81. The maximum atomic E-state index is 11.9. The Morgan fingerprint density at radius 2 is 2.06 bits per heavy atom. The molecule has 0 aromatic carbocycles. The van der Waals surface area contributed by atoms with Gasteiger partial charge in [0, 0.05) is 6.07 Å². The molecule has 0 atom stereocenters. The van der Waals surface area contributed by atoms with Crippen molar-refractivity contribution >= 4 is 5.97 Å². The zero-order valence-corrected chi connectivity index (χ0v) is 7.86. The van der Waals surface area contributed by atoms with Gasteiger partial charge >= 0.3 is 12.1 Å². The molecule has 5 nitrogen and oxygen atoms in total. The number of nitrogens with zero attached hydrogens (tertiary/aromatic N) is 2. The maximum Gasteiger partial charge on any atom is 0.390 e. The van der Waals surface area contributed by atoms with E-state index >= 15 is 0 Å². The van der Waals surface area contributed by atoms with Gasteiger partial charge in [-0.25, -0.2) is 9.48 Å². The van der Waals surface area contributed by atoms with Gasteiger partial charge in [0.15, 0.2) is 5.69 Å². The van der Waals surface area contributed by atoms with Gasteiger partial charge in [-0.15, -0.1) is 0 Å². The Labute approximate surface area is 87.1 Å². The molecule has 0 spiro atoms. The molecular formula is C8H7F3N2O3. The summed E-state index contributed by atoms with van der Waals surface area (Å²) in [5.74, 6) is -1.40. The lowest BCUT2D eigenvalue weighted by Gasteiger charge is -2.07. The lowest BCUT2D eigenvalue weighted by atomic mass is 10.4. The van der Waals surface area contributed by atoms with E-state index in [1.807, 2.05) is 0 Å². The molecule has 0 saturated carbocycles. The summed E-state index contributed by atoms with van der Waals surface area (Å²) in [5.41, 5.74) is -1.24. The summed E-state index contributed by atoms with van der Waals surface area (Å²) < 4.78 is 36.1. The van der Waals surface area contributed by atoms with E-state index < -0.39 is 36.4 Å². The largest absolute Gasteiger partial charge is 0.476 e. The van der Waals surface area contributed by atoms with E-state index in [0.29, 0.717) is 4.68 Å². The second-order valence-corrected chi connectivity index (χ2v) is 2.95. The van der Waals surface area contributed by atoms with Crippen molar-refractivity contribution in [2.24, 2.45) is 0 Å². The summed E-state index contributed by atoms with van der Waals surface area (Å²) in [6.07, 6.45) is -5.65. The third-order valence-corrected chi connectivity index (χ3v) is 1.69. The van der Waals surface area contributed by atoms with Crippen molar-refractivity contribution < 1.29 is 23.1 Å². The van der Waals surface area contributed by atoms with Crippen LogP contribution < -0.4 is 5.56 Å². The molecule has 8 heteroatoms. The average Bonchev–Trinajstić information content (AvgIpc) is 2.14. The van der Waals surface area contributed by atoms with Crippen LogP contribution in [0.15, 0.2) is 16.9 Å². The molecule has 0 amide bonds. The normalized spacial score (nSPS) is 11.4. The van der Waals surface area contributed by atoms with Crippen molar-refractivity contribution in [2.75, 3.05) is 0 Å². The molecule has 1 aromatic rings. The molecule has 0 saturated heterocycles. The smallest absolute Gasteiger partial charge is 0.390 e. The highest BCUT2D eigenvalue weighted by Crippen LogP contribution is 2.19. The Kier molecular flexibility index (Phi) is 3.31. The minimum Gasteiger partial charge on any atom is -0.476 e. The first-order valence-electron chi connectivity index (χ1n) is 4.18. The zero-order valence-electron chi connectivity index (χ0n) is 7.86. The van der Waals surface area contributed by atoms with Crippen LogP contribution in [0.2, 0.25) is 0 Å². The number of hydrogen-bond acceptors (Lipinski definition) is 3. The van der Waals surface area contributed by atoms with E-state index in [2.05, 4.69) is 5.10 Å². The predicted octanol–water partition coefficient (Wildman–Crippen LogP) is 0.894. The molecule has 0 unspecified atom stereocenters. The maximum absolute atomic E-state index is 11.9. The summed E-state index contributed by atoms with van der Waals surface area (Å²) in [7, 11) is 0. The molecule has 1 N–H and O–H groups in total. The predicted molar refractivity (Wildman–Crippen MR) is 46.1 cm³/mol. The van der Waals surface area contributed by atoms with Gasteiger partial charge in [0.2, 0.25) is 0 Å². The van der Waals surface area contributed by atoms with Gasteiger partial charge in [0.1, 0.15) is 0 Å². The molecule has 88 valence electrons. The van der Waals surface area contributed by atoms with Gasteiger partial charge < -0.3 is 5.11 Å². The van der Waals surface area contributed by atoms with Crippen molar-refractivity contribution in [2.45, 2.75) is 19.1 Å². The molecule has 0 radical (unpaired) electrons. The molecule has 0 aliphatic rings. The molecule has 0 aliphatic carbocycles. The molecular weight excluding hydrogens is 229 g/mol. The fourth-order valence-corrected chi connectivity index (χ4v) is 0.956. The third-order valence-electron chi connectivity index (χ3n) is 1.69. The highest BCUT2D eigenvalue weighted by Gasteiger charge is 2.27. The van der Waals surface area contributed by atoms with Gasteiger partial charge in [-0.05, 0) is 6.07 Å². The monoisotopic (exact) mass is 236 g/mol. The van der Waals surface area contributed by atoms with E-state index in [9.17, 15) is 22.8 Å². The standard InChI is InChI=1S/C8H7F3N2O3/c9-8(10,11)3-4-13-6(14)2-1-5(12-13)7(15)16/h1-2H,3-4H2,(H,15,16). The Morgan fingerprint density at radius 3 is 2.56 bits per heavy atom. The summed E-state index contributed by atoms with van der Waals surface area (Å²) in [6.45, 7) is -0.691. The van der Waals surface area contributed by atoms with Crippen molar-refractivity contribution in [3.05, 3.63) is 28.2 Å². The second-order valence-electron chi connectivity index (χ2n) is 2.95. The van der Waals surface area contributed by atoms with Gasteiger partial charge in [-0.3, -0.25) is 4.79 Å². The lowest BCUT2D eigenvalue weighted by Crippen LogP contribution is -2.26. The minimum absolute atomic E-state index is 0.471. The van der Waals surface area contributed by atoms with Gasteiger partial charge in [-0.2, -0.15) is 18.3 Å². The Morgan fingerprint density at radius 1 is 1.44 bits per heavy atom. The topological polar surface area (TPSA) is 72.2 Å². The number of alkyl halides is 3. The highest BCUT2D eigenvalue weighted by molar-refractivity contribution is 5.84. The van der Waals surface area contributed by atoms with Crippen molar-refractivity contribution in [1.29, 1.82) is 0 Å². The molecule has 1 aromatic heterocycles. The Bertz CT molecular complexity index is 453. The molecule has 16 heavy (non-hydrogen) atoms. The van der Waals surface area contributed by atoms with E-state index in [1.165, 1.54) is 0 Å². The first kappa shape index (κ1) is 12.2. The SMILES string of the molecule is O=C(O)c1ccc(=O)n(CCC(F)(F)F)n1. The summed E-state index contributed by atoms with van der Waals surface area (Å²) >= 11 is 0. The Hall–Kier alpha value is -1.86. The highest BCUT2D eigenvalue weighted by atomic mass is 19.4. The van der Waals surface area contributed by atoms with Gasteiger partial charge in [-0.1, -0.05) is 0 Å². The molecule has 1 heterocycles. The van der Waals surface area contributed by atoms with Crippen LogP contribution in [0, 0.1) is 0 Å². The van der Waals surface area contributed by atoms with Crippen LogP contribution in [0.1, 0.15) is 16.9 Å². The van der Waals surface area contributed by atoms with Gasteiger partial charge in [0.05, 0.1) is 13.0 Å². The van der Waals surface area contributed by atoms with Crippen LogP contribution in [0.5, 0.6) is 0 Å². The Balaban J connectivity index is 2.91. The summed E-state index contributed by atoms with van der Waals surface area (Å²) in [4.78, 5) is 21.5. The number of aryl methyl sites for hydroxylation is 1. The first-order chi connectivity index (χ1) is 7.29. The van der Waals surface area contributed by atoms with E-state index in [1.54, 1.807) is 0 Å². The van der Waals surface area contributed by atoms with Crippen LogP contribution in [0.3, 0.4) is 0 Å². The number of hydrogen-bond donors (Lipinski definition) is 1. The first-order valence-corrected chi connectivity index (χ1v) is 4.18. The van der Waals surface area contributed by atoms with Crippen molar-refractivity contribution in [3.63, 3.8) is 0 Å². The van der Waals surface area contributed by atoms with Crippen LogP contribution >= 0.6 is 0 Å². The number of aromatic carboxylic acids is 1. The van der Waals surface area contributed by atoms with Crippen LogP contribution in [0.4, 0.5) is 13.2 Å². The fourth-order valence-electron chi connectivity index (χ4n) is 0.956. The van der Waals surface area contributed by atoms with Crippen LogP contribution in [-0.2, 0) is 6.54 Å². The summed E-state index contributed by atoms with van der Waals surface area (Å²) in [5, 5.41) is 11.8. The minimum atomic E-state index is -4.42. The van der Waals surface area contributed by atoms with E-state index in [-0.39, 0.29) is 0 Å². The number of aromatic nitrogens is 2. The number of halogens is 3. The zero-order chi connectivity index (χ0) is 12.3. The van der Waals surface area contributed by atoms with Crippen molar-refractivity contribution in [3.8, 4) is 0 Å². The average molecular weight is 236 g/mol. The lowest BCUT2D eigenvalue weighted by molar-refractivity contribution is -0.137. The number of rotatable bonds is 3. The molecule has 0 aliphatic heterocycles. The third kappa shape index (κ3) is 3.37.